The predicted molar refractivity (Wildman–Crippen MR) is 71.6 cm³/mol. The minimum atomic E-state index is -0.170. The zero-order valence-corrected chi connectivity index (χ0v) is 11.5. The van der Waals surface area contributed by atoms with E-state index in [4.69, 9.17) is 4.74 Å². The van der Waals surface area contributed by atoms with Gasteiger partial charge in [0.1, 0.15) is 0 Å². The average molecular weight is 251 g/mol. The van der Waals surface area contributed by atoms with Gasteiger partial charge in [-0.2, -0.15) is 0 Å². The number of aryl methyl sites for hydroxylation is 1. The molecule has 1 aliphatic heterocycles. The molecule has 0 atom stereocenters. The fraction of sp³-hybridized carbons (Fsp3) is 0.600. The van der Waals surface area contributed by atoms with Gasteiger partial charge in [-0.15, -0.1) is 0 Å². The topological polar surface area (TPSA) is 12.5 Å². The minimum absolute atomic E-state index is 0.170. The van der Waals surface area contributed by atoms with Crippen molar-refractivity contribution in [3.05, 3.63) is 29.1 Å². The molecule has 1 aromatic carbocycles. The van der Waals surface area contributed by atoms with Crippen molar-refractivity contribution in [3.8, 4) is 5.75 Å². The number of benzene rings is 1. The average Bonchev–Trinajstić information content (AvgIpc) is 2.36. The van der Waals surface area contributed by atoms with E-state index in [0.717, 1.165) is 43.5 Å². The van der Waals surface area contributed by atoms with Crippen LogP contribution in [-0.2, 0) is 6.42 Å². The highest BCUT2D eigenvalue weighted by Crippen LogP contribution is 2.28. The first-order valence-electron chi connectivity index (χ1n) is 6.62. The summed E-state index contributed by atoms with van der Waals surface area (Å²) in [7, 11) is 3.68. The first kappa shape index (κ1) is 13.3. The van der Waals surface area contributed by atoms with Gasteiger partial charge in [0.15, 0.2) is 11.6 Å². The second-order valence-electron chi connectivity index (χ2n) is 5.34. The first-order chi connectivity index (χ1) is 8.61. The Balaban J connectivity index is 2.10. The van der Waals surface area contributed by atoms with E-state index in [-0.39, 0.29) is 5.82 Å². The third kappa shape index (κ3) is 2.83. The molecule has 0 saturated carbocycles. The van der Waals surface area contributed by atoms with Crippen molar-refractivity contribution in [2.75, 3.05) is 27.2 Å². The number of hydrogen-bond acceptors (Lipinski definition) is 2. The summed E-state index contributed by atoms with van der Waals surface area (Å²) in [5.74, 6) is 0.833. The number of piperidine rings is 1. The molecule has 1 heterocycles. The standard InChI is InChI=1S/C15H22FNO/c1-11-4-5-13(14(16)15(11)18-3)10-12-6-8-17(2)9-7-12/h4-5,12H,6-10H2,1-3H3. The fourth-order valence-electron chi connectivity index (χ4n) is 2.68. The van der Waals surface area contributed by atoms with Crippen molar-refractivity contribution in [3.63, 3.8) is 0 Å². The Morgan fingerprint density at radius 2 is 2.00 bits per heavy atom. The van der Waals surface area contributed by atoms with E-state index in [9.17, 15) is 4.39 Å². The molecule has 0 spiro atoms. The van der Waals surface area contributed by atoms with Gasteiger partial charge in [0.25, 0.3) is 0 Å². The molecule has 0 radical (unpaired) electrons. The van der Waals surface area contributed by atoms with Crippen LogP contribution >= 0.6 is 0 Å². The number of nitrogens with zero attached hydrogens (tertiary/aromatic N) is 1. The maximum Gasteiger partial charge on any atom is 0.168 e. The van der Waals surface area contributed by atoms with Gasteiger partial charge in [-0.05, 0) is 63.4 Å². The van der Waals surface area contributed by atoms with Gasteiger partial charge in [0.05, 0.1) is 7.11 Å². The summed E-state index contributed by atoms with van der Waals surface area (Å²) in [6.07, 6.45) is 3.15. The van der Waals surface area contributed by atoms with Crippen LogP contribution in [0, 0.1) is 18.7 Å². The number of hydrogen-bond donors (Lipinski definition) is 0. The minimum Gasteiger partial charge on any atom is -0.493 e. The van der Waals surface area contributed by atoms with E-state index in [0.29, 0.717) is 11.7 Å². The van der Waals surface area contributed by atoms with E-state index in [2.05, 4.69) is 11.9 Å². The zero-order valence-electron chi connectivity index (χ0n) is 11.5. The molecule has 0 N–H and O–H groups in total. The molecule has 18 heavy (non-hydrogen) atoms. The Morgan fingerprint density at radius 1 is 1.33 bits per heavy atom. The Labute approximate surface area is 109 Å². The lowest BCUT2D eigenvalue weighted by Crippen LogP contribution is -2.31. The lowest BCUT2D eigenvalue weighted by atomic mass is 9.90. The molecule has 1 aliphatic rings. The van der Waals surface area contributed by atoms with Crippen LogP contribution in [0.3, 0.4) is 0 Å². The van der Waals surface area contributed by atoms with Gasteiger partial charge >= 0.3 is 0 Å². The number of methoxy groups -OCH3 is 1. The quantitative estimate of drug-likeness (QED) is 0.818. The Kier molecular flexibility index (Phi) is 4.23. The summed E-state index contributed by atoms with van der Waals surface area (Å²) in [6.45, 7) is 4.12. The van der Waals surface area contributed by atoms with Gasteiger partial charge in [0.2, 0.25) is 0 Å². The fourth-order valence-corrected chi connectivity index (χ4v) is 2.68. The number of halogens is 1. The Hall–Kier alpha value is -1.09. The largest absolute Gasteiger partial charge is 0.493 e. The van der Waals surface area contributed by atoms with E-state index in [1.807, 2.05) is 19.1 Å². The molecule has 100 valence electrons. The van der Waals surface area contributed by atoms with Crippen molar-refractivity contribution >= 4 is 0 Å². The van der Waals surface area contributed by atoms with Crippen LogP contribution in [0.25, 0.3) is 0 Å². The molecule has 1 saturated heterocycles. The first-order valence-corrected chi connectivity index (χ1v) is 6.62. The monoisotopic (exact) mass is 251 g/mol. The Bertz CT molecular complexity index is 411. The number of ether oxygens (including phenoxy) is 1. The summed E-state index contributed by atoms with van der Waals surface area (Å²) in [6, 6.07) is 3.86. The van der Waals surface area contributed by atoms with Gasteiger partial charge in [-0.3, -0.25) is 0 Å². The zero-order chi connectivity index (χ0) is 13.1. The van der Waals surface area contributed by atoms with Crippen molar-refractivity contribution in [2.45, 2.75) is 26.2 Å². The van der Waals surface area contributed by atoms with Crippen LogP contribution < -0.4 is 4.74 Å². The Morgan fingerprint density at radius 3 is 2.61 bits per heavy atom. The summed E-state index contributed by atoms with van der Waals surface area (Å²) in [5.41, 5.74) is 1.66. The van der Waals surface area contributed by atoms with E-state index < -0.39 is 0 Å². The molecule has 0 aliphatic carbocycles. The van der Waals surface area contributed by atoms with Crippen LogP contribution in [0.15, 0.2) is 12.1 Å². The molecule has 0 unspecified atom stereocenters. The summed E-state index contributed by atoms with van der Waals surface area (Å²) in [4.78, 5) is 2.34. The van der Waals surface area contributed by atoms with E-state index in [1.54, 1.807) is 0 Å². The number of likely N-dealkylation sites (tertiary alicyclic amines) is 1. The maximum absolute atomic E-state index is 14.2. The van der Waals surface area contributed by atoms with E-state index >= 15 is 0 Å². The SMILES string of the molecule is COc1c(C)ccc(CC2CCN(C)CC2)c1F. The smallest absolute Gasteiger partial charge is 0.168 e. The van der Waals surface area contributed by atoms with Crippen molar-refractivity contribution in [1.82, 2.24) is 4.90 Å². The van der Waals surface area contributed by atoms with Crippen LogP contribution in [0.2, 0.25) is 0 Å². The molecule has 2 nitrogen and oxygen atoms in total. The van der Waals surface area contributed by atoms with Crippen molar-refractivity contribution in [2.24, 2.45) is 5.92 Å². The lowest BCUT2D eigenvalue weighted by molar-refractivity contribution is 0.218. The maximum atomic E-state index is 14.2. The lowest BCUT2D eigenvalue weighted by Gasteiger charge is -2.29. The molecular weight excluding hydrogens is 229 g/mol. The summed E-state index contributed by atoms with van der Waals surface area (Å²) >= 11 is 0. The van der Waals surface area contributed by atoms with Crippen LogP contribution in [0.4, 0.5) is 4.39 Å². The van der Waals surface area contributed by atoms with Gasteiger partial charge < -0.3 is 9.64 Å². The second-order valence-corrected chi connectivity index (χ2v) is 5.34. The molecule has 0 amide bonds. The molecule has 3 heteroatoms. The van der Waals surface area contributed by atoms with E-state index in [1.165, 1.54) is 7.11 Å². The van der Waals surface area contributed by atoms with Gasteiger partial charge in [-0.1, -0.05) is 12.1 Å². The summed E-state index contributed by atoms with van der Waals surface area (Å²) in [5, 5.41) is 0. The number of rotatable bonds is 3. The highest BCUT2D eigenvalue weighted by atomic mass is 19.1. The highest BCUT2D eigenvalue weighted by Gasteiger charge is 2.20. The second kappa shape index (κ2) is 5.70. The van der Waals surface area contributed by atoms with Crippen molar-refractivity contribution in [1.29, 1.82) is 0 Å². The molecule has 1 fully saturated rings. The van der Waals surface area contributed by atoms with Crippen LogP contribution in [-0.4, -0.2) is 32.1 Å². The molecule has 2 rings (SSSR count). The third-order valence-electron chi connectivity index (χ3n) is 3.92. The van der Waals surface area contributed by atoms with Crippen LogP contribution in [0.1, 0.15) is 24.0 Å². The predicted octanol–water partition coefficient (Wildman–Crippen LogP) is 3.03. The molecule has 0 bridgehead atoms. The summed E-state index contributed by atoms with van der Waals surface area (Å²) < 4.78 is 19.4. The molecular formula is C15H22FNO. The van der Waals surface area contributed by atoms with Crippen LogP contribution in [0.5, 0.6) is 5.75 Å². The highest BCUT2D eigenvalue weighted by molar-refractivity contribution is 5.38. The van der Waals surface area contributed by atoms with Gasteiger partial charge in [-0.25, -0.2) is 4.39 Å². The molecule has 1 aromatic rings. The molecule has 0 aromatic heterocycles. The normalized spacial score (nSPS) is 18.0. The van der Waals surface area contributed by atoms with Gasteiger partial charge in [0, 0.05) is 0 Å². The third-order valence-corrected chi connectivity index (χ3v) is 3.92. The van der Waals surface area contributed by atoms with Crippen molar-refractivity contribution < 1.29 is 9.13 Å².